The van der Waals surface area contributed by atoms with Crippen LogP contribution in [0.2, 0.25) is 0 Å². The third-order valence-corrected chi connectivity index (χ3v) is 3.13. The van der Waals surface area contributed by atoms with E-state index in [4.69, 9.17) is 0 Å². The van der Waals surface area contributed by atoms with E-state index in [9.17, 15) is 22.0 Å². The van der Waals surface area contributed by atoms with Crippen LogP contribution in [0.25, 0.3) is 0 Å². The number of benzene rings is 1. The summed E-state index contributed by atoms with van der Waals surface area (Å²) in [5.41, 5.74) is -1.93. The van der Waals surface area contributed by atoms with Crippen LogP contribution in [0.15, 0.2) is 0 Å². The van der Waals surface area contributed by atoms with Gasteiger partial charge in [-0.15, -0.1) is 0 Å². The molecule has 1 aromatic rings. The van der Waals surface area contributed by atoms with E-state index < -0.39 is 40.1 Å². The van der Waals surface area contributed by atoms with Crippen LogP contribution < -0.4 is 0 Å². The third kappa shape index (κ3) is 3.38. The highest BCUT2D eigenvalue weighted by atomic mass is 127. The van der Waals surface area contributed by atoms with Crippen molar-refractivity contribution in [2.45, 2.75) is 43.0 Å². The minimum absolute atomic E-state index is 0.263. The maximum absolute atomic E-state index is 13.8. The molecule has 0 aliphatic rings. The second-order valence-corrected chi connectivity index (χ2v) is 8.64. The maximum Gasteiger partial charge on any atom is 0.200 e. The average Bonchev–Trinajstić information content (AvgIpc) is 2.20. The van der Waals surface area contributed by atoms with E-state index in [1.807, 2.05) is 13.8 Å². The molecule has 0 nitrogen and oxygen atoms in total. The largest absolute Gasteiger partial charge is 0.203 e. The highest BCUT2D eigenvalue weighted by Crippen LogP contribution is 2.40. The van der Waals surface area contributed by atoms with Gasteiger partial charge in [0, 0.05) is 8.99 Å². The van der Waals surface area contributed by atoms with Gasteiger partial charge in [0.05, 0.1) is 0 Å². The van der Waals surface area contributed by atoms with Crippen molar-refractivity contribution in [3.63, 3.8) is 0 Å². The standard InChI is InChI=1S/C13H14F5I/c1-12(2,5-13(3,4)19)6-7(14)9(16)11(18)10(17)8(6)15/h5H2,1-4H3. The van der Waals surface area contributed by atoms with Crippen molar-refractivity contribution < 1.29 is 22.0 Å². The minimum atomic E-state index is -2.12. The van der Waals surface area contributed by atoms with Crippen molar-refractivity contribution in [2.75, 3.05) is 0 Å². The summed E-state index contributed by atoms with van der Waals surface area (Å²) in [7, 11) is 0. The molecule has 0 atom stereocenters. The molecule has 0 spiro atoms. The molecule has 0 N–H and O–H groups in total. The van der Waals surface area contributed by atoms with Crippen LogP contribution in [-0.4, -0.2) is 3.42 Å². The summed E-state index contributed by atoms with van der Waals surface area (Å²) < 4.78 is 66.6. The smallest absolute Gasteiger partial charge is 0.200 e. The normalized spacial score (nSPS) is 12.9. The molecular weight excluding hydrogens is 378 g/mol. The maximum atomic E-state index is 13.8. The highest BCUT2D eigenvalue weighted by molar-refractivity contribution is 14.1. The first-order valence-electron chi connectivity index (χ1n) is 5.59. The Morgan fingerprint density at radius 1 is 0.737 bits per heavy atom. The van der Waals surface area contributed by atoms with Crippen LogP contribution in [0.1, 0.15) is 39.7 Å². The van der Waals surface area contributed by atoms with Crippen LogP contribution in [0.4, 0.5) is 22.0 Å². The van der Waals surface area contributed by atoms with Gasteiger partial charge in [-0.3, -0.25) is 0 Å². The van der Waals surface area contributed by atoms with Crippen molar-refractivity contribution in [1.82, 2.24) is 0 Å². The molecule has 0 heterocycles. The molecule has 0 aliphatic carbocycles. The monoisotopic (exact) mass is 392 g/mol. The van der Waals surface area contributed by atoms with Crippen molar-refractivity contribution >= 4 is 22.6 Å². The zero-order chi connectivity index (χ0) is 15.2. The molecule has 1 rings (SSSR count). The van der Waals surface area contributed by atoms with Gasteiger partial charge in [0.25, 0.3) is 0 Å². The molecule has 0 radical (unpaired) electrons. The Morgan fingerprint density at radius 2 is 1.05 bits per heavy atom. The average molecular weight is 392 g/mol. The molecule has 0 aliphatic heterocycles. The first kappa shape index (κ1) is 16.7. The van der Waals surface area contributed by atoms with Crippen LogP contribution in [-0.2, 0) is 5.41 Å². The molecule has 6 heteroatoms. The molecule has 1 aromatic carbocycles. The highest BCUT2D eigenvalue weighted by Gasteiger charge is 2.37. The Hall–Kier alpha value is -0.400. The first-order valence-corrected chi connectivity index (χ1v) is 6.67. The van der Waals surface area contributed by atoms with Gasteiger partial charge in [0.15, 0.2) is 23.3 Å². The Labute approximate surface area is 122 Å². The van der Waals surface area contributed by atoms with Gasteiger partial charge < -0.3 is 0 Å². The fraction of sp³-hybridized carbons (Fsp3) is 0.538. The number of hydrogen-bond donors (Lipinski definition) is 0. The molecule has 0 saturated carbocycles. The zero-order valence-corrected chi connectivity index (χ0v) is 13.1. The quantitative estimate of drug-likeness (QED) is 0.216. The summed E-state index contributed by atoms with van der Waals surface area (Å²) in [6.45, 7) is 6.57. The van der Waals surface area contributed by atoms with Gasteiger partial charge in [-0.25, -0.2) is 22.0 Å². The molecule has 0 saturated heterocycles. The predicted molar refractivity (Wildman–Crippen MR) is 72.0 cm³/mol. The lowest BCUT2D eigenvalue weighted by Gasteiger charge is -2.32. The van der Waals surface area contributed by atoms with Gasteiger partial charge in [-0.05, 0) is 11.8 Å². The fourth-order valence-corrected chi connectivity index (χ4v) is 3.29. The molecule has 0 aromatic heterocycles. The Kier molecular flexibility index (Phi) is 4.54. The lowest BCUT2D eigenvalue weighted by molar-refractivity contribution is 0.333. The van der Waals surface area contributed by atoms with Crippen molar-refractivity contribution in [3.8, 4) is 0 Å². The van der Waals surface area contributed by atoms with Gasteiger partial charge in [0.1, 0.15) is 0 Å². The van der Waals surface area contributed by atoms with E-state index in [0.717, 1.165) is 0 Å². The Balaban J connectivity index is 3.51. The van der Waals surface area contributed by atoms with Crippen LogP contribution in [0, 0.1) is 29.1 Å². The molecular formula is C13H14F5I. The second-order valence-electron chi connectivity index (χ2n) is 5.72. The molecule has 0 bridgehead atoms. The van der Waals surface area contributed by atoms with Crippen LogP contribution >= 0.6 is 22.6 Å². The first-order chi connectivity index (χ1) is 8.38. The van der Waals surface area contributed by atoms with Crippen molar-refractivity contribution in [3.05, 3.63) is 34.6 Å². The summed E-state index contributed by atoms with van der Waals surface area (Å²) in [5.74, 6) is -9.41. The van der Waals surface area contributed by atoms with E-state index >= 15 is 0 Å². The van der Waals surface area contributed by atoms with E-state index in [1.165, 1.54) is 13.8 Å². The van der Waals surface area contributed by atoms with Gasteiger partial charge in [0.2, 0.25) is 5.82 Å². The summed E-state index contributed by atoms with van der Waals surface area (Å²) in [6.07, 6.45) is 0.263. The molecule has 0 amide bonds. The molecule has 108 valence electrons. The number of hydrogen-bond acceptors (Lipinski definition) is 0. The molecule has 0 unspecified atom stereocenters. The minimum Gasteiger partial charge on any atom is -0.203 e. The number of rotatable bonds is 3. The van der Waals surface area contributed by atoms with Crippen molar-refractivity contribution in [1.29, 1.82) is 0 Å². The summed E-state index contributed by atoms with van der Waals surface area (Å²) >= 11 is 2.07. The van der Waals surface area contributed by atoms with E-state index in [2.05, 4.69) is 22.6 Å². The zero-order valence-electron chi connectivity index (χ0n) is 11.0. The van der Waals surface area contributed by atoms with E-state index in [1.54, 1.807) is 0 Å². The predicted octanol–water partition coefficient (Wildman–Crippen LogP) is 5.26. The summed E-state index contributed by atoms with van der Waals surface area (Å²) in [4.78, 5) is 0. The summed E-state index contributed by atoms with van der Waals surface area (Å²) in [5, 5.41) is 0. The van der Waals surface area contributed by atoms with Gasteiger partial charge >= 0.3 is 0 Å². The van der Waals surface area contributed by atoms with Crippen molar-refractivity contribution in [2.24, 2.45) is 0 Å². The third-order valence-electron chi connectivity index (χ3n) is 2.75. The van der Waals surface area contributed by atoms with Gasteiger partial charge in [-0.1, -0.05) is 50.3 Å². The Morgan fingerprint density at radius 3 is 1.37 bits per heavy atom. The van der Waals surface area contributed by atoms with E-state index in [0.29, 0.717) is 0 Å². The van der Waals surface area contributed by atoms with E-state index in [-0.39, 0.29) is 9.84 Å². The second kappa shape index (κ2) is 5.18. The number of alkyl halides is 1. The SMILES string of the molecule is CC(C)(I)CC(C)(C)c1c(F)c(F)c(F)c(F)c1F. The molecule has 19 heavy (non-hydrogen) atoms. The van der Waals surface area contributed by atoms with Crippen LogP contribution in [0.5, 0.6) is 0 Å². The Bertz CT molecular complexity index is 474. The lowest BCUT2D eigenvalue weighted by atomic mass is 9.77. The topological polar surface area (TPSA) is 0 Å². The van der Waals surface area contributed by atoms with Gasteiger partial charge in [-0.2, -0.15) is 0 Å². The fourth-order valence-electron chi connectivity index (χ4n) is 2.34. The summed E-state index contributed by atoms with van der Waals surface area (Å²) in [6, 6.07) is 0. The number of halogens is 6. The molecule has 0 fully saturated rings. The lowest BCUT2D eigenvalue weighted by Crippen LogP contribution is -2.30. The van der Waals surface area contributed by atoms with Crippen LogP contribution in [0.3, 0.4) is 0 Å².